The fourth-order valence-electron chi connectivity index (χ4n) is 1.99. The van der Waals surface area contributed by atoms with E-state index in [4.69, 9.17) is 9.47 Å². The molecule has 2 aliphatic heterocycles. The summed E-state index contributed by atoms with van der Waals surface area (Å²) in [4.78, 5) is 0. The van der Waals surface area contributed by atoms with Crippen LogP contribution in [0.1, 0.15) is 12.8 Å². The van der Waals surface area contributed by atoms with Gasteiger partial charge in [0.15, 0.2) is 0 Å². The Kier molecular flexibility index (Phi) is 3.60. The standard InChI is InChI=1S/C9H17NO4S/c11-15(12,9-1-5-13-6-2-9)10-3-7-14-8-4-10/h9H,1-8H2. The maximum Gasteiger partial charge on any atom is 0.217 e. The Hall–Kier alpha value is -0.170. The molecule has 2 aliphatic rings. The van der Waals surface area contributed by atoms with Crippen LogP contribution in [0.4, 0.5) is 0 Å². The lowest BCUT2D eigenvalue weighted by Crippen LogP contribution is -2.46. The maximum absolute atomic E-state index is 12.2. The second-order valence-corrected chi connectivity index (χ2v) is 6.08. The number of rotatable bonds is 2. The Bertz CT molecular complexity index is 267. The normalized spacial score (nSPS) is 26.7. The van der Waals surface area contributed by atoms with Crippen LogP contribution < -0.4 is 0 Å². The molecule has 0 atom stereocenters. The van der Waals surface area contributed by atoms with Gasteiger partial charge in [-0.15, -0.1) is 0 Å². The summed E-state index contributed by atoms with van der Waals surface area (Å²) in [6.07, 6.45) is 1.25. The number of morpholine rings is 1. The van der Waals surface area contributed by atoms with Crippen LogP contribution in [0, 0.1) is 0 Å². The lowest BCUT2D eigenvalue weighted by Gasteiger charge is -2.31. The van der Waals surface area contributed by atoms with Crippen LogP contribution in [-0.4, -0.2) is 57.5 Å². The van der Waals surface area contributed by atoms with E-state index in [1.807, 2.05) is 0 Å². The van der Waals surface area contributed by atoms with Crippen LogP contribution in [0.15, 0.2) is 0 Å². The van der Waals surface area contributed by atoms with Crippen LogP contribution in [0.2, 0.25) is 0 Å². The summed E-state index contributed by atoms with van der Waals surface area (Å²) >= 11 is 0. The van der Waals surface area contributed by atoms with Gasteiger partial charge in [-0.1, -0.05) is 0 Å². The Morgan fingerprint density at radius 1 is 0.933 bits per heavy atom. The Labute approximate surface area is 90.4 Å². The molecule has 0 aromatic rings. The lowest BCUT2D eigenvalue weighted by atomic mass is 10.2. The van der Waals surface area contributed by atoms with Gasteiger partial charge in [0.05, 0.1) is 18.5 Å². The molecule has 0 N–H and O–H groups in total. The third-order valence-corrected chi connectivity index (χ3v) is 5.32. The molecular formula is C9H17NO4S. The Morgan fingerprint density at radius 2 is 1.47 bits per heavy atom. The largest absolute Gasteiger partial charge is 0.381 e. The molecule has 0 radical (unpaired) electrons. The predicted octanol–water partition coefficient (Wildman–Crippen LogP) is -0.173. The second kappa shape index (κ2) is 4.78. The van der Waals surface area contributed by atoms with Crippen molar-refractivity contribution in [2.75, 3.05) is 39.5 Å². The molecule has 0 unspecified atom stereocenters. The molecule has 0 aromatic heterocycles. The van der Waals surface area contributed by atoms with Gasteiger partial charge in [0.25, 0.3) is 0 Å². The van der Waals surface area contributed by atoms with Gasteiger partial charge in [0, 0.05) is 26.3 Å². The molecule has 88 valence electrons. The van der Waals surface area contributed by atoms with Crippen molar-refractivity contribution in [1.82, 2.24) is 4.31 Å². The van der Waals surface area contributed by atoms with Crippen molar-refractivity contribution in [3.63, 3.8) is 0 Å². The van der Waals surface area contributed by atoms with Crippen molar-refractivity contribution in [2.24, 2.45) is 0 Å². The summed E-state index contributed by atoms with van der Waals surface area (Å²) in [7, 11) is -3.11. The fourth-order valence-corrected chi connectivity index (χ4v) is 3.85. The van der Waals surface area contributed by atoms with Crippen LogP contribution in [-0.2, 0) is 19.5 Å². The van der Waals surface area contributed by atoms with Gasteiger partial charge in [0.1, 0.15) is 0 Å². The van der Waals surface area contributed by atoms with Crippen molar-refractivity contribution in [1.29, 1.82) is 0 Å². The molecule has 2 saturated heterocycles. The first kappa shape index (κ1) is 11.3. The Morgan fingerprint density at radius 3 is 2.07 bits per heavy atom. The van der Waals surface area contributed by atoms with Crippen molar-refractivity contribution in [3.05, 3.63) is 0 Å². The van der Waals surface area contributed by atoms with Gasteiger partial charge in [0.2, 0.25) is 10.0 Å². The van der Waals surface area contributed by atoms with Gasteiger partial charge in [-0.25, -0.2) is 8.42 Å². The molecule has 0 aliphatic carbocycles. The van der Waals surface area contributed by atoms with Crippen molar-refractivity contribution in [3.8, 4) is 0 Å². The molecule has 6 heteroatoms. The number of hydrogen-bond donors (Lipinski definition) is 0. The quantitative estimate of drug-likeness (QED) is 0.666. The van der Waals surface area contributed by atoms with Crippen molar-refractivity contribution >= 4 is 10.0 Å². The summed E-state index contributed by atoms with van der Waals surface area (Å²) in [5.74, 6) is 0. The fraction of sp³-hybridized carbons (Fsp3) is 1.00. The summed E-state index contributed by atoms with van der Waals surface area (Å²) < 4.78 is 36.2. The minimum Gasteiger partial charge on any atom is -0.381 e. The summed E-state index contributed by atoms with van der Waals surface area (Å²) in [6.45, 7) is 3.16. The number of hydrogen-bond acceptors (Lipinski definition) is 4. The van der Waals surface area contributed by atoms with E-state index in [1.54, 1.807) is 4.31 Å². The van der Waals surface area contributed by atoms with E-state index >= 15 is 0 Å². The minimum atomic E-state index is -3.11. The topological polar surface area (TPSA) is 55.8 Å². The van der Waals surface area contributed by atoms with Crippen LogP contribution >= 0.6 is 0 Å². The predicted molar refractivity (Wildman–Crippen MR) is 55.2 cm³/mol. The van der Waals surface area contributed by atoms with Gasteiger partial charge in [-0.3, -0.25) is 0 Å². The molecule has 0 aromatic carbocycles. The monoisotopic (exact) mass is 235 g/mol. The molecular weight excluding hydrogens is 218 g/mol. The zero-order valence-electron chi connectivity index (χ0n) is 8.72. The zero-order chi connectivity index (χ0) is 10.7. The first-order valence-corrected chi connectivity index (χ1v) is 6.86. The zero-order valence-corrected chi connectivity index (χ0v) is 9.54. The van der Waals surface area contributed by atoms with Gasteiger partial charge >= 0.3 is 0 Å². The number of ether oxygens (including phenoxy) is 2. The first-order valence-electron chi connectivity index (χ1n) is 5.36. The molecule has 15 heavy (non-hydrogen) atoms. The third-order valence-electron chi connectivity index (χ3n) is 2.92. The lowest BCUT2D eigenvalue weighted by molar-refractivity contribution is 0.0692. The molecule has 5 nitrogen and oxygen atoms in total. The third kappa shape index (κ3) is 2.50. The van der Waals surface area contributed by atoms with E-state index in [1.165, 1.54) is 0 Å². The highest BCUT2D eigenvalue weighted by Crippen LogP contribution is 2.20. The van der Waals surface area contributed by atoms with Crippen molar-refractivity contribution in [2.45, 2.75) is 18.1 Å². The summed E-state index contributed by atoms with van der Waals surface area (Å²) in [5.41, 5.74) is 0. The minimum absolute atomic E-state index is 0.246. The highest BCUT2D eigenvalue weighted by Gasteiger charge is 2.33. The summed E-state index contributed by atoms with van der Waals surface area (Å²) in [5, 5.41) is -0.246. The smallest absolute Gasteiger partial charge is 0.217 e. The molecule has 2 heterocycles. The van der Waals surface area contributed by atoms with Crippen LogP contribution in [0.3, 0.4) is 0 Å². The second-order valence-electron chi connectivity index (χ2n) is 3.87. The van der Waals surface area contributed by atoms with Gasteiger partial charge in [-0.2, -0.15) is 4.31 Å². The average Bonchev–Trinajstić information content (AvgIpc) is 2.31. The Balaban J connectivity index is 2.03. The van der Waals surface area contributed by atoms with E-state index in [-0.39, 0.29) is 5.25 Å². The molecule has 2 rings (SSSR count). The van der Waals surface area contributed by atoms with Crippen LogP contribution in [0.5, 0.6) is 0 Å². The van der Waals surface area contributed by atoms with E-state index in [0.717, 1.165) is 0 Å². The highest BCUT2D eigenvalue weighted by atomic mass is 32.2. The SMILES string of the molecule is O=S(=O)(C1CCOCC1)N1CCOCC1. The number of nitrogens with zero attached hydrogens (tertiary/aromatic N) is 1. The van der Waals surface area contributed by atoms with E-state index in [0.29, 0.717) is 52.4 Å². The van der Waals surface area contributed by atoms with E-state index in [2.05, 4.69) is 0 Å². The van der Waals surface area contributed by atoms with E-state index in [9.17, 15) is 8.42 Å². The van der Waals surface area contributed by atoms with Crippen molar-refractivity contribution < 1.29 is 17.9 Å². The maximum atomic E-state index is 12.2. The van der Waals surface area contributed by atoms with E-state index < -0.39 is 10.0 Å². The van der Waals surface area contributed by atoms with Crippen LogP contribution in [0.25, 0.3) is 0 Å². The summed E-state index contributed by atoms with van der Waals surface area (Å²) in [6, 6.07) is 0. The molecule has 0 amide bonds. The molecule has 0 saturated carbocycles. The molecule has 0 bridgehead atoms. The average molecular weight is 235 g/mol. The number of sulfonamides is 1. The first-order chi connectivity index (χ1) is 7.21. The van der Waals surface area contributed by atoms with Gasteiger partial charge in [-0.05, 0) is 12.8 Å². The molecule has 2 fully saturated rings. The van der Waals surface area contributed by atoms with Gasteiger partial charge < -0.3 is 9.47 Å². The molecule has 0 spiro atoms. The highest BCUT2D eigenvalue weighted by molar-refractivity contribution is 7.89.